The molecule has 0 N–H and O–H groups in total. The van der Waals surface area contributed by atoms with E-state index in [1.54, 1.807) is 0 Å². The van der Waals surface area contributed by atoms with E-state index in [0.29, 0.717) is 67.2 Å². The molecule has 16 aromatic rings. The summed E-state index contributed by atoms with van der Waals surface area (Å²) in [4.78, 5) is 3.93. The number of hydrogen-bond acceptors (Lipinski definition) is 2. The van der Waals surface area contributed by atoms with E-state index in [0.717, 1.165) is 42.4 Å². The first-order chi connectivity index (χ1) is 59.5. The van der Waals surface area contributed by atoms with Gasteiger partial charge in [-0.1, -0.05) is 353 Å². The molecule has 0 fully saturated rings. The quantitative estimate of drug-likeness (QED) is 0.0892. The van der Waals surface area contributed by atoms with Crippen molar-refractivity contribution in [1.29, 1.82) is 0 Å². The standard InChI is InChI=1S/C102H86BN3Si/c1-100(2,3)75-62-85(69-36-17-10-18-37-69)98(86(63-75)70-38-19-11-20-39-70)105-93-59-56-74(73-44-35-51-82(60-73)107(79-45-25-14-26-46-79,80-47-27-15-28-48-80)81-49-29-16-30-50-81)61-90(93)103-89-58-57-78(104-91-54-33-31-52-83(91)84-53-32-34-55-92(84)104)68-94(89)106(96-67-77(102(7,8)9)66-95(105)97(96)103)99-87(71-40-21-12-22-41-71)64-76(101(4,5)6)65-88(99)72-42-23-13-24-43-72/h10-68H,1-9H3/i31D,32D,33D,34D,35D,44D,51D,52D,53D,54D,55D,56D,57D,58D,59D,60D,61D,68D. The van der Waals surface area contributed by atoms with Crippen molar-refractivity contribution in [2.75, 3.05) is 9.80 Å². The summed E-state index contributed by atoms with van der Waals surface area (Å²) in [5.74, 6) is 0. The minimum absolute atomic E-state index is 0.0426. The number of benzene rings is 15. The topological polar surface area (TPSA) is 11.4 Å². The maximum absolute atomic E-state index is 11.9. The van der Waals surface area contributed by atoms with Gasteiger partial charge in [0.1, 0.15) is 0 Å². The van der Waals surface area contributed by atoms with Crippen molar-refractivity contribution in [3.8, 4) is 61.3 Å². The number of rotatable bonds is 12. The van der Waals surface area contributed by atoms with Crippen LogP contribution < -0.4 is 46.9 Å². The molecule has 5 heteroatoms. The predicted octanol–water partition coefficient (Wildman–Crippen LogP) is 22.5. The van der Waals surface area contributed by atoms with Crippen molar-refractivity contribution in [3.63, 3.8) is 0 Å². The van der Waals surface area contributed by atoms with E-state index in [-0.39, 0.29) is 43.8 Å². The van der Waals surface area contributed by atoms with Gasteiger partial charge in [-0.15, -0.1) is 0 Å². The maximum atomic E-state index is 11.9. The molecule has 0 saturated heterocycles. The molecule has 0 radical (unpaired) electrons. The molecule has 3 heterocycles. The van der Waals surface area contributed by atoms with Crippen LogP contribution in [0.1, 0.15) is 104 Å². The Morgan fingerprint density at radius 2 is 0.673 bits per heavy atom. The second-order valence-corrected chi connectivity index (χ2v) is 34.7. The van der Waals surface area contributed by atoms with E-state index < -0.39 is 162 Å². The van der Waals surface area contributed by atoms with Crippen LogP contribution in [0.25, 0.3) is 83.1 Å². The van der Waals surface area contributed by atoms with Crippen LogP contribution in [0.4, 0.5) is 34.1 Å². The van der Waals surface area contributed by atoms with Gasteiger partial charge in [0, 0.05) is 61.5 Å². The molecular weight excluding hydrogens is 1310 g/mol. The lowest BCUT2D eigenvalue weighted by Crippen LogP contribution is -2.74. The van der Waals surface area contributed by atoms with Gasteiger partial charge in [-0.2, -0.15) is 0 Å². The van der Waals surface area contributed by atoms with Crippen molar-refractivity contribution < 1.29 is 24.7 Å². The fourth-order valence-corrected chi connectivity index (χ4v) is 20.4. The highest BCUT2D eigenvalue weighted by molar-refractivity contribution is 7.20. The third-order valence-corrected chi connectivity index (χ3v) is 25.9. The lowest BCUT2D eigenvalue weighted by molar-refractivity contribution is 0.590. The normalized spacial score (nSPS) is 15.2. The molecule has 0 unspecified atom stereocenters. The van der Waals surface area contributed by atoms with E-state index in [9.17, 15) is 21.9 Å². The van der Waals surface area contributed by atoms with E-state index in [1.165, 1.54) is 0 Å². The van der Waals surface area contributed by atoms with Crippen LogP contribution >= 0.6 is 0 Å². The SMILES string of the molecule is [2H]c1c([2H])c(-c2c([2H])c([2H])c3c(c2[2H])B2c4c(cc(C(C)(C)C)cc4N(c4c(-c5ccccc5)cc(C(C)(C)C)cc4-c4ccccc4)c4c([2H])c(-n5c6c([2H])c([2H])c([2H])c([2H])c6c6c([2H])c([2H])c([2H])c([2H])c65)c([2H])c([2H])c42)N3c2c(-c3ccccc3)cc(C(C)(C)C)cc2-c2ccccc2)c([2H])c([Si](c2ccccc2)(c2ccccc2)c2ccccc2)c1[2H]. The molecule has 0 atom stereocenters. The highest BCUT2D eigenvalue weighted by Gasteiger charge is 2.47. The van der Waals surface area contributed by atoms with Crippen LogP contribution in [0.5, 0.6) is 0 Å². The molecule has 516 valence electrons. The van der Waals surface area contributed by atoms with Gasteiger partial charge in [0.15, 0.2) is 8.07 Å². The molecule has 107 heavy (non-hydrogen) atoms. The van der Waals surface area contributed by atoms with E-state index in [2.05, 4.69) is 92.6 Å². The van der Waals surface area contributed by atoms with E-state index in [4.69, 9.17) is 2.74 Å². The van der Waals surface area contributed by atoms with Crippen LogP contribution in [-0.4, -0.2) is 19.4 Å². The van der Waals surface area contributed by atoms with Crippen molar-refractivity contribution in [2.45, 2.75) is 78.6 Å². The lowest BCUT2D eigenvalue weighted by atomic mass is 9.33. The minimum atomic E-state index is -4.10. The van der Waals surface area contributed by atoms with Gasteiger partial charge in [-0.3, -0.25) is 0 Å². The zero-order chi connectivity index (χ0) is 88.6. The third-order valence-electron chi connectivity index (χ3n) is 21.3. The molecule has 0 aliphatic carbocycles. The molecule has 18 rings (SSSR count). The molecule has 0 bridgehead atoms. The van der Waals surface area contributed by atoms with Gasteiger partial charge in [-0.25, -0.2) is 0 Å². The van der Waals surface area contributed by atoms with Crippen LogP contribution in [0.3, 0.4) is 0 Å². The number of aromatic nitrogens is 1. The molecule has 3 nitrogen and oxygen atoms in total. The molecule has 2 aliphatic heterocycles. The van der Waals surface area contributed by atoms with Crippen LogP contribution in [0.2, 0.25) is 0 Å². The molecule has 1 aromatic heterocycles. The van der Waals surface area contributed by atoms with Crippen molar-refractivity contribution in [3.05, 3.63) is 374 Å². The van der Waals surface area contributed by atoms with Gasteiger partial charge >= 0.3 is 0 Å². The van der Waals surface area contributed by atoms with Crippen molar-refractivity contribution in [1.82, 2.24) is 4.57 Å². The Kier molecular flexibility index (Phi) is 12.2. The lowest BCUT2D eigenvalue weighted by Gasteiger charge is -2.47. The Morgan fingerprint density at radius 3 is 1.08 bits per heavy atom. The average molecular weight is 1410 g/mol. The van der Waals surface area contributed by atoms with Crippen molar-refractivity contribution >= 4 is 108 Å². The van der Waals surface area contributed by atoms with Gasteiger partial charge in [0.05, 0.1) is 47.1 Å². The zero-order valence-corrected chi connectivity index (χ0v) is 62.1. The summed E-state index contributed by atoms with van der Waals surface area (Å²) in [6.07, 6.45) is 0. The first kappa shape index (κ1) is 49.7. The van der Waals surface area contributed by atoms with Crippen LogP contribution in [0, 0.1) is 0 Å². The van der Waals surface area contributed by atoms with E-state index >= 15 is 0 Å². The van der Waals surface area contributed by atoms with Gasteiger partial charge in [-0.05, 0) is 170 Å². The Bertz CT molecular complexity index is 6890. The van der Waals surface area contributed by atoms with Crippen molar-refractivity contribution in [2.24, 2.45) is 0 Å². The predicted molar refractivity (Wildman–Crippen MR) is 462 cm³/mol. The Labute approximate surface area is 657 Å². The second-order valence-electron chi connectivity index (χ2n) is 31.0. The summed E-state index contributed by atoms with van der Waals surface area (Å²) in [7, 11) is -4.10. The molecule has 0 saturated carbocycles. The fourth-order valence-electron chi connectivity index (χ4n) is 15.9. The van der Waals surface area contributed by atoms with Crippen LogP contribution in [0.15, 0.2) is 357 Å². The molecule has 2 aliphatic rings. The summed E-state index contributed by atoms with van der Waals surface area (Å²) < 4.78 is 189. The average Bonchev–Trinajstić information content (AvgIpc) is 1.28. The van der Waals surface area contributed by atoms with Gasteiger partial charge < -0.3 is 14.4 Å². The third kappa shape index (κ3) is 11.4. The fraction of sp³-hybridized carbons (Fsp3) is 0.118. The van der Waals surface area contributed by atoms with E-state index in [1.807, 2.05) is 228 Å². The number of fused-ring (bicyclic) bond motifs is 7. The molecular formula is C102H86BN3Si. The summed E-state index contributed by atoms with van der Waals surface area (Å²) in [5, 5.41) is 1.62. The number of hydrogen-bond donors (Lipinski definition) is 0. The summed E-state index contributed by atoms with van der Waals surface area (Å²) >= 11 is 0. The number of anilines is 6. The Balaban J connectivity index is 1.12. The number of para-hydroxylation sites is 2. The molecule has 15 aromatic carbocycles. The smallest absolute Gasteiger partial charge is 0.252 e. The Morgan fingerprint density at radius 1 is 0.299 bits per heavy atom. The second kappa shape index (κ2) is 26.2. The number of nitrogens with zero attached hydrogens (tertiary/aromatic N) is 3. The van der Waals surface area contributed by atoms with Gasteiger partial charge in [0.25, 0.3) is 6.71 Å². The molecule has 0 amide bonds. The highest BCUT2D eigenvalue weighted by atomic mass is 28.3. The Hall–Kier alpha value is -12.0. The first-order valence-electron chi connectivity index (χ1n) is 45.5. The molecule has 0 spiro atoms. The summed E-state index contributed by atoms with van der Waals surface area (Å²) in [5.41, 5.74) is 5.92. The van der Waals surface area contributed by atoms with Crippen LogP contribution in [-0.2, 0) is 16.2 Å². The minimum Gasteiger partial charge on any atom is -0.310 e. The highest BCUT2D eigenvalue weighted by Crippen LogP contribution is 2.55. The van der Waals surface area contributed by atoms with Gasteiger partial charge in [0.2, 0.25) is 0 Å². The summed E-state index contributed by atoms with van der Waals surface area (Å²) in [6, 6.07) is 69.3. The maximum Gasteiger partial charge on any atom is 0.252 e. The first-order valence-corrected chi connectivity index (χ1v) is 38.5. The largest absolute Gasteiger partial charge is 0.310 e. The monoisotopic (exact) mass is 1410 g/mol. The summed E-state index contributed by atoms with van der Waals surface area (Å²) in [6.45, 7) is 17.4. The zero-order valence-electron chi connectivity index (χ0n) is 79.1.